The molecule has 1 aliphatic heterocycles. The molecule has 1 saturated heterocycles. The second-order valence-corrected chi connectivity index (χ2v) is 4.34. The fourth-order valence-electron chi connectivity index (χ4n) is 2.08. The SMILES string of the molecule is O=CN1CCOC[C@H]1c1ccc(C(F)C(F)F)cc1. The van der Waals surface area contributed by atoms with Crippen LogP contribution in [0.15, 0.2) is 24.3 Å². The third-order valence-corrected chi connectivity index (χ3v) is 3.17. The zero-order valence-corrected chi connectivity index (χ0v) is 10.1. The molecule has 2 atom stereocenters. The van der Waals surface area contributed by atoms with Crippen molar-refractivity contribution in [1.29, 1.82) is 0 Å². The molecular weight excluding hydrogens is 259 g/mol. The first kappa shape index (κ1) is 13.9. The van der Waals surface area contributed by atoms with E-state index in [2.05, 4.69) is 0 Å². The van der Waals surface area contributed by atoms with Crippen LogP contribution in [-0.2, 0) is 9.53 Å². The summed E-state index contributed by atoms with van der Waals surface area (Å²) in [5, 5.41) is 0. The number of hydrogen-bond donors (Lipinski definition) is 0. The van der Waals surface area contributed by atoms with Gasteiger partial charge in [0, 0.05) is 6.54 Å². The smallest absolute Gasteiger partial charge is 0.273 e. The van der Waals surface area contributed by atoms with E-state index in [4.69, 9.17) is 4.74 Å². The van der Waals surface area contributed by atoms with Crippen LogP contribution in [0, 0.1) is 0 Å². The quantitative estimate of drug-likeness (QED) is 0.789. The molecule has 0 N–H and O–H groups in total. The highest BCUT2D eigenvalue weighted by Crippen LogP contribution is 2.28. The predicted molar refractivity (Wildman–Crippen MR) is 62.6 cm³/mol. The number of hydrogen-bond acceptors (Lipinski definition) is 2. The summed E-state index contributed by atoms with van der Waals surface area (Å²) < 4.78 is 42.9. The lowest BCUT2D eigenvalue weighted by Gasteiger charge is -2.33. The second kappa shape index (κ2) is 6.06. The average Bonchev–Trinajstić information content (AvgIpc) is 2.46. The Morgan fingerprint density at radius 3 is 2.53 bits per heavy atom. The molecule has 0 saturated carbocycles. The van der Waals surface area contributed by atoms with Gasteiger partial charge >= 0.3 is 0 Å². The minimum Gasteiger partial charge on any atom is -0.377 e. The highest BCUT2D eigenvalue weighted by Gasteiger charge is 2.25. The maximum atomic E-state index is 13.1. The molecule has 1 aromatic rings. The van der Waals surface area contributed by atoms with Crippen LogP contribution in [0.2, 0.25) is 0 Å². The van der Waals surface area contributed by atoms with Crippen molar-refractivity contribution in [1.82, 2.24) is 4.90 Å². The monoisotopic (exact) mass is 273 g/mol. The number of rotatable bonds is 4. The van der Waals surface area contributed by atoms with Crippen LogP contribution in [0.4, 0.5) is 13.2 Å². The number of amides is 1. The maximum Gasteiger partial charge on any atom is 0.273 e. The lowest BCUT2D eigenvalue weighted by Crippen LogP contribution is -2.38. The number of morpholine rings is 1. The predicted octanol–water partition coefficient (Wildman–Crippen LogP) is 2.49. The first-order chi connectivity index (χ1) is 9.13. The highest BCUT2D eigenvalue weighted by molar-refractivity contribution is 5.49. The molecule has 0 aromatic heterocycles. The van der Waals surface area contributed by atoms with Gasteiger partial charge in [-0.15, -0.1) is 0 Å². The van der Waals surface area contributed by atoms with Crippen LogP contribution < -0.4 is 0 Å². The first-order valence-electron chi connectivity index (χ1n) is 5.94. The molecule has 0 aliphatic carbocycles. The Balaban J connectivity index is 2.15. The Labute approximate surface area is 109 Å². The summed E-state index contributed by atoms with van der Waals surface area (Å²) in [7, 11) is 0. The number of carbonyl (C=O) groups excluding carboxylic acids is 1. The summed E-state index contributed by atoms with van der Waals surface area (Å²) in [6, 6.07) is 5.51. The minimum atomic E-state index is -3.03. The zero-order chi connectivity index (χ0) is 13.8. The molecule has 19 heavy (non-hydrogen) atoms. The fourth-order valence-corrected chi connectivity index (χ4v) is 2.08. The molecule has 3 nitrogen and oxygen atoms in total. The summed E-state index contributed by atoms with van der Waals surface area (Å²) in [5.41, 5.74) is 0.685. The van der Waals surface area contributed by atoms with Gasteiger partial charge in [-0.1, -0.05) is 24.3 Å². The lowest BCUT2D eigenvalue weighted by atomic mass is 10.0. The van der Waals surface area contributed by atoms with Crippen LogP contribution in [0.5, 0.6) is 0 Å². The van der Waals surface area contributed by atoms with Crippen molar-refractivity contribution in [2.24, 2.45) is 0 Å². The lowest BCUT2D eigenvalue weighted by molar-refractivity contribution is -0.126. The van der Waals surface area contributed by atoms with Gasteiger partial charge in [0.25, 0.3) is 6.43 Å². The van der Waals surface area contributed by atoms with Gasteiger partial charge in [0.05, 0.1) is 19.3 Å². The third kappa shape index (κ3) is 3.07. The molecule has 2 rings (SSSR count). The molecule has 1 fully saturated rings. The van der Waals surface area contributed by atoms with Crippen LogP contribution in [0.1, 0.15) is 23.3 Å². The molecule has 104 valence electrons. The van der Waals surface area contributed by atoms with Gasteiger partial charge in [0.2, 0.25) is 6.41 Å². The molecule has 1 amide bonds. The van der Waals surface area contributed by atoms with E-state index in [-0.39, 0.29) is 11.6 Å². The van der Waals surface area contributed by atoms with E-state index >= 15 is 0 Å². The van der Waals surface area contributed by atoms with Crippen LogP contribution in [0.3, 0.4) is 0 Å². The number of nitrogens with zero attached hydrogens (tertiary/aromatic N) is 1. The van der Waals surface area contributed by atoms with E-state index in [0.717, 1.165) is 12.0 Å². The molecule has 1 heterocycles. The van der Waals surface area contributed by atoms with Crippen molar-refractivity contribution in [3.8, 4) is 0 Å². The average molecular weight is 273 g/mol. The zero-order valence-electron chi connectivity index (χ0n) is 10.1. The van der Waals surface area contributed by atoms with Crippen LogP contribution in [-0.4, -0.2) is 37.5 Å². The number of carbonyl (C=O) groups is 1. The number of ether oxygens (including phenoxy) is 1. The van der Waals surface area contributed by atoms with E-state index < -0.39 is 12.6 Å². The summed E-state index contributed by atoms with van der Waals surface area (Å²) >= 11 is 0. The van der Waals surface area contributed by atoms with Gasteiger partial charge in [0.15, 0.2) is 6.17 Å². The van der Waals surface area contributed by atoms with Crippen molar-refractivity contribution >= 4 is 6.41 Å². The Morgan fingerprint density at radius 2 is 1.95 bits per heavy atom. The standard InChI is InChI=1S/C13H14F3NO2/c14-12(13(15)16)10-3-1-9(2-4-10)11-7-19-6-5-17(11)8-18/h1-4,8,11-13H,5-7H2/t11-,12?/m0/s1. The molecule has 0 spiro atoms. The van der Waals surface area contributed by atoms with Gasteiger partial charge in [-0.25, -0.2) is 13.2 Å². The second-order valence-electron chi connectivity index (χ2n) is 4.34. The molecule has 1 unspecified atom stereocenters. The van der Waals surface area contributed by atoms with E-state index in [0.29, 0.717) is 19.8 Å². The maximum absolute atomic E-state index is 13.1. The summed E-state index contributed by atoms with van der Waals surface area (Å²) in [4.78, 5) is 12.5. The van der Waals surface area contributed by atoms with Gasteiger partial charge in [-0.05, 0) is 11.1 Å². The summed E-state index contributed by atoms with van der Waals surface area (Å²) in [6.07, 6.45) is -4.58. The van der Waals surface area contributed by atoms with Crippen molar-refractivity contribution in [2.45, 2.75) is 18.6 Å². The van der Waals surface area contributed by atoms with E-state index in [1.54, 1.807) is 17.0 Å². The Morgan fingerprint density at radius 1 is 1.26 bits per heavy atom. The molecule has 0 bridgehead atoms. The highest BCUT2D eigenvalue weighted by atomic mass is 19.3. The van der Waals surface area contributed by atoms with Gasteiger partial charge in [-0.3, -0.25) is 4.79 Å². The van der Waals surface area contributed by atoms with E-state index in [9.17, 15) is 18.0 Å². The van der Waals surface area contributed by atoms with Gasteiger partial charge < -0.3 is 9.64 Å². The van der Waals surface area contributed by atoms with Crippen molar-refractivity contribution in [3.63, 3.8) is 0 Å². The van der Waals surface area contributed by atoms with Crippen molar-refractivity contribution in [2.75, 3.05) is 19.8 Å². The normalized spacial score (nSPS) is 21.5. The summed E-state index contributed by atoms with van der Waals surface area (Å²) in [6.45, 7) is 1.32. The fraction of sp³-hybridized carbons (Fsp3) is 0.462. The molecular formula is C13H14F3NO2. The summed E-state index contributed by atoms with van der Waals surface area (Å²) in [5.74, 6) is 0. The Hall–Kier alpha value is -1.56. The molecule has 6 heteroatoms. The van der Waals surface area contributed by atoms with Crippen molar-refractivity contribution in [3.05, 3.63) is 35.4 Å². The Bertz CT molecular complexity index is 424. The number of halogens is 3. The largest absolute Gasteiger partial charge is 0.377 e. The topological polar surface area (TPSA) is 29.5 Å². The molecule has 0 radical (unpaired) electrons. The number of alkyl halides is 3. The number of benzene rings is 1. The van der Waals surface area contributed by atoms with E-state index in [1.165, 1.54) is 12.1 Å². The first-order valence-corrected chi connectivity index (χ1v) is 5.94. The molecule has 1 aliphatic rings. The van der Waals surface area contributed by atoms with E-state index in [1.807, 2.05) is 0 Å². The van der Waals surface area contributed by atoms with Crippen molar-refractivity contribution < 1.29 is 22.7 Å². The molecule has 1 aromatic carbocycles. The van der Waals surface area contributed by atoms with Gasteiger partial charge in [-0.2, -0.15) is 0 Å². The van der Waals surface area contributed by atoms with Crippen LogP contribution >= 0.6 is 0 Å². The Kier molecular flexibility index (Phi) is 4.42. The minimum absolute atomic E-state index is 0.0619. The third-order valence-electron chi connectivity index (χ3n) is 3.17. The van der Waals surface area contributed by atoms with Gasteiger partial charge in [0.1, 0.15) is 0 Å². The van der Waals surface area contributed by atoms with Crippen LogP contribution in [0.25, 0.3) is 0 Å².